The fourth-order valence-electron chi connectivity index (χ4n) is 3.31. The maximum absolute atomic E-state index is 5.93. The summed E-state index contributed by atoms with van der Waals surface area (Å²) in [4.78, 5) is 4.81. The summed E-state index contributed by atoms with van der Waals surface area (Å²) in [5.74, 6) is 2.07. The van der Waals surface area contributed by atoms with Crippen LogP contribution in [0.1, 0.15) is 11.5 Å². The molecule has 1 aliphatic rings. The van der Waals surface area contributed by atoms with Crippen LogP contribution in [0.25, 0.3) is 11.5 Å². The van der Waals surface area contributed by atoms with Crippen molar-refractivity contribution in [3.8, 4) is 17.2 Å². The molecule has 2 aromatic carbocycles. The van der Waals surface area contributed by atoms with E-state index in [1.165, 1.54) is 5.56 Å². The third kappa shape index (κ3) is 4.70. The Labute approximate surface area is 169 Å². The topological polar surface area (TPSA) is 54.6 Å². The van der Waals surface area contributed by atoms with Crippen LogP contribution in [0.4, 0.5) is 0 Å². The Morgan fingerprint density at radius 1 is 0.893 bits per heavy atom. The number of hydrogen-bond donors (Lipinski definition) is 0. The average Bonchev–Trinajstić information content (AvgIpc) is 3.19. The van der Waals surface area contributed by atoms with E-state index in [1.807, 2.05) is 36.4 Å². The lowest BCUT2D eigenvalue weighted by Crippen LogP contribution is -2.45. The molecule has 7 heteroatoms. The van der Waals surface area contributed by atoms with Crippen molar-refractivity contribution in [3.63, 3.8) is 0 Å². The largest absolute Gasteiger partial charge is 0.497 e. The Morgan fingerprint density at radius 3 is 2.18 bits per heavy atom. The molecule has 0 amide bonds. The van der Waals surface area contributed by atoms with Crippen molar-refractivity contribution < 1.29 is 9.15 Å². The van der Waals surface area contributed by atoms with Crippen LogP contribution in [0.5, 0.6) is 5.75 Å². The molecular formula is C21H23ClN4O2. The van der Waals surface area contributed by atoms with E-state index in [4.69, 9.17) is 20.8 Å². The summed E-state index contributed by atoms with van der Waals surface area (Å²) in [5, 5.41) is 9.05. The van der Waals surface area contributed by atoms with Crippen molar-refractivity contribution in [3.05, 3.63) is 65.0 Å². The molecule has 2 heterocycles. The molecule has 1 aliphatic heterocycles. The van der Waals surface area contributed by atoms with E-state index in [1.54, 1.807) is 7.11 Å². The highest BCUT2D eigenvalue weighted by Crippen LogP contribution is 2.21. The van der Waals surface area contributed by atoms with Gasteiger partial charge in [-0.2, -0.15) is 0 Å². The summed E-state index contributed by atoms with van der Waals surface area (Å²) in [7, 11) is 1.69. The van der Waals surface area contributed by atoms with E-state index in [2.05, 4.69) is 32.1 Å². The maximum Gasteiger partial charge on any atom is 0.247 e. The summed E-state index contributed by atoms with van der Waals surface area (Å²) in [5.41, 5.74) is 2.19. The van der Waals surface area contributed by atoms with Crippen molar-refractivity contribution in [2.45, 2.75) is 13.1 Å². The van der Waals surface area contributed by atoms with Crippen molar-refractivity contribution in [2.75, 3.05) is 33.3 Å². The van der Waals surface area contributed by atoms with E-state index < -0.39 is 0 Å². The third-order valence-electron chi connectivity index (χ3n) is 4.95. The standard InChI is InChI=1S/C21H23ClN4O2/c1-27-19-8-2-16(3-9-19)14-25-10-12-26(13-11-25)15-20-23-24-21(28-20)17-4-6-18(22)7-5-17/h2-9H,10-15H2,1H3. The Bertz CT molecular complexity index is 888. The number of aromatic nitrogens is 2. The van der Waals surface area contributed by atoms with Gasteiger partial charge in [-0.25, -0.2) is 0 Å². The number of benzene rings is 2. The van der Waals surface area contributed by atoms with Crippen molar-refractivity contribution in [1.82, 2.24) is 20.0 Å². The molecule has 1 aromatic heterocycles. The van der Waals surface area contributed by atoms with E-state index in [0.717, 1.165) is 44.0 Å². The smallest absolute Gasteiger partial charge is 0.247 e. The van der Waals surface area contributed by atoms with Gasteiger partial charge in [0.2, 0.25) is 11.8 Å². The van der Waals surface area contributed by atoms with Gasteiger partial charge >= 0.3 is 0 Å². The molecule has 3 aromatic rings. The molecule has 0 spiro atoms. The van der Waals surface area contributed by atoms with Gasteiger partial charge in [0, 0.05) is 43.3 Å². The van der Waals surface area contributed by atoms with Crippen LogP contribution in [-0.2, 0) is 13.1 Å². The maximum atomic E-state index is 5.93. The van der Waals surface area contributed by atoms with Gasteiger partial charge in [-0.05, 0) is 42.0 Å². The zero-order valence-electron chi connectivity index (χ0n) is 15.8. The summed E-state index contributed by atoms with van der Waals surface area (Å²) < 4.78 is 11.0. The molecule has 0 aliphatic carbocycles. The van der Waals surface area contributed by atoms with Crippen molar-refractivity contribution in [1.29, 1.82) is 0 Å². The Kier molecular flexibility index (Phi) is 5.90. The average molecular weight is 399 g/mol. The minimum absolute atomic E-state index is 0.532. The summed E-state index contributed by atoms with van der Waals surface area (Å²) >= 11 is 5.93. The number of rotatable bonds is 6. The summed E-state index contributed by atoms with van der Waals surface area (Å²) in [6, 6.07) is 15.7. The predicted octanol–water partition coefficient (Wildman–Crippen LogP) is 3.72. The SMILES string of the molecule is COc1ccc(CN2CCN(Cc3nnc(-c4ccc(Cl)cc4)o3)CC2)cc1. The highest BCUT2D eigenvalue weighted by molar-refractivity contribution is 6.30. The first-order chi connectivity index (χ1) is 13.7. The van der Waals surface area contributed by atoms with Gasteiger partial charge in [-0.1, -0.05) is 23.7 Å². The molecule has 0 N–H and O–H groups in total. The first-order valence-electron chi connectivity index (χ1n) is 9.35. The second-order valence-corrected chi connectivity index (χ2v) is 7.34. The van der Waals surface area contributed by atoms with E-state index in [0.29, 0.717) is 23.3 Å². The lowest BCUT2D eigenvalue weighted by atomic mass is 10.2. The van der Waals surface area contributed by atoms with Gasteiger partial charge in [-0.15, -0.1) is 10.2 Å². The highest BCUT2D eigenvalue weighted by Gasteiger charge is 2.19. The van der Waals surface area contributed by atoms with Gasteiger partial charge in [0.1, 0.15) is 5.75 Å². The van der Waals surface area contributed by atoms with Crippen LogP contribution >= 0.6 is 11.6 Å². The molecule has 0 radical (unpaired) electrons. The molecule has 146 valence electrons. The Morgan fingerprint density at radius 2 is 1.54 bits per heavy atom. The molecule has 0 bridgehead atoms. The first kappa shape index (κ1) is 18.9. The quantitative estimate of drug-likeness (QED) is 0.630. The molecule has 1 fully saturated rings. The summed E-state index contributed by atoms with van der Waals surface area (Å²) in [6.07, 6.45) is 0. The molecule has 4 rings (SSSR count). The number of piperazine rings is 1. The minimum atomic E-state index is 0.532. The summed E-state index contributed by atoms with van der Waals surface area (Å²) in [6.45, 7) is 5.63. The number of methoxy groups -OCH3 is 1. The van der Waals surface area contributed by atoms with Gasteiger partial charge in [0.25, 0.3) is 0 Å². The second-order valence-electron chi connectivity index (χ2n) is 6.91. The lowest BCUT2D eigenvalue weighted by Gasteiger charge is -2.33. The Hall–Kier alpha value is -2.41. The van der Waals surface area contributed by atoms with Crippen LogP contribution in [0.2, 0.25) is 5.02 Å². The predicted molar refractivity (Wildman–Crippen MR) is 108 cm³/mol. The van der Waals surface area contributed by atoms with Gasteiger partial charge < -0.3 is 9.15 Å². The number of ether oxygens (including phenoxy) is 1. The van der Waals surface area contributed by atoms with Crippen LogP contribution in [0.15, 0.2) is 52.9 Å². The van der Waals surface area contributed by atoms with Crippen LogP contribution in [0, 0.1) is 0 Å². The molecule has 1 saturated heterocycles. The third-order valence-corrected chi connectivity index (χ3v) is 5.20. The first-order valence-corrected chi connectivity index (χ1v) is 9.73. The van der Waals surface area contributed by atoms with Crippen LogP contribution in [-0.4, -0.2) is 53.3 Å². The van der Waals surface area contributed by atoms with E-state index >= 15 is 0 Å². The normalized spacial score (nSPS) is 15.6. The monoisotopic (exact) mass is 398 g/mol. The molecule has 0 atom stereocenters. The van der Waals surface area contributed by atoms with Gasteiger partial charge in [0.15, 0.2) is 0 Å². The van der Waals surface area contributed by atoms with Gasteiger partial charge in [0.05, 0.1) is 13.7 Å². The number of hydrogen-bond acceptors (Lipinski definition) is 6. The molecule has 6 nitrogen and oxygen atoms in total. The highest BCUT2D eigenvalue weighted by atomic mass is 35.5. The molecular weight excluding hydrogens is 376 g/mol. The van der Waals surface area contributed by atoms with Gasteiger partial charge in [-0.3, -0.25) is 9.80 Å². The second kappa shape index (κ2) is 8.73. The van der Waals surface area contributed by atoms with Crippen molar-refractivity contribution in [2.24, 2.45) is 0 Å². The zero-order chi connectivity index (χ0) is 19.3. The lowest BCUT2D eigenvalue weighted by molar-refractivity contribution is 0.114. The van der Waals surface area contributed by atoms with Crippen LogP contribution in [0.3, 0.4) is 0 Å². The fraction of sp³-hybridized carbons (Fsp3) is 0.333. The molecule has 0 unspecified atom stereocenters. The minimum Gasteiger partial charge on any atom is -0.497 e. The van der Waals surface area contributed by atoms with Crippen LogP contribution < -0.4 is 4.74 Å². The van der Waals surface area contributed by atoms with Crippen molar-refractivity contribution >= 4 is 11.6 Å². The zero-order valence-corrected chi connectivity index (χ0v) is 16.6. The van der Waals surface area contributed by atoms with E-state index in [9.17, 15) is 0 Å². The number of nitrogens with zero attached hydrogens (tertiary/aromatic N) is 4. The molecule has 28 heavy (non-hydrogen) atoms. The Balaban J connectivity index is 1.28. The molecule has 0 saturated carbocycles. The van der Waals surface area contributed by atoms with E-state index in [-0.39, 0.29) is 0 Å². The number of halogens is 1. The fourth-order valence-corrected chi connectivity index (χ4v) is 3.44.